The maximum Gasteiger partial charge on any atom is 0.204 e. The van der Waals surface area contributed by atoms with Crippen LogP contribution in [0.15, 0.2) is 0 Å². The zero-order valence-corrected chi connectivity index (χ0v) is 7.89. The first-order valence-electron chi connectivity index (χ1n) is 3.69. The summed E-state index contributed by atoms with van der Waals surface area (Å²) in [5.74, 6) is 0. The van der Waals surface area contributed by atoms with Crippen LogP contribution >= 0.6 is 0 Å². The average Bonchev–Trinajstić information content (AvgIpc) is 1.85. The van der Waals surface area contributed by atoms with Gasteiger partial charge in [0, 0.05) is 0 Å². The summed E-state index contributed by atoms with van der Waals surface area (Å²) in [6, 6.07) is 1.82. The summed E-state index contributed by atoms with van der Waals surface area (Å²) in [5.41, 5.74) is 0. The van der Waals surface area contributed by atoms with Gasteiger partial charge in [0.1, 0.15) is 0 Å². The molecule has 1 aliphatic heterocycles. The van der Waals surface area contributed by atoms with Gasteiger partial charge in [0.15, 0.2) is 9.84 Å². The first kappa shape index (κ1) is 9.49. The van der Waals surface area contributed by atoms with E-state index in [0.29, 0.717) is 0 Å². The normalized spacial score (nSPS) is 21.5. The Bertz CT molecular complexity index is 308. The van der Waals surface area contributed by atoms with Crippen molar-refractivity contribution in [1.82, 2.24) is 0 Å². The van der Waals surface area contributed by atoms with Crippen LogP contribution in [0.3, 0.4) is 0 Å². The molecule has 0 saturated carbocycles. The van der Waals surface area contributed by atoms with E-state index in [4.69, 9.17) is 10.00 Å². The zero-order valence-electron chi connectivity index (χ0n) is 7.07. The lowest BCUT2D eigenvalue weighted by atomic mass is 10.1. The van der Waals surface area contributed by atoms with Crippen molar-refractivity contribution < 1.29 is 13.2 Å². The maximum absolute atomic E-state index is 11.6. The van der Waals surface area contributed by atoms with Gasteiger partial charge in [0.05, 0.1) is 24.5 Å². The van der Waals surface area contributed by atoms with Crippen LogP contribution in [0.1, 0.15) is 13.8 Å². The van der Waals surface area contributed by atoms with Crippen molar-refractivity contribution in [3.05, 3.63) is 0 Å². The molecule has 0 radical (unpaired) electrons. The predicted molar refractivity (Wildman–Crippen MR) is 43.2 cm³/mol. The molecule has 0 spiro atoms. The lowest BCUT2D eigenvalue weighted by molar-refractivity contribution is 0.0112. The minimum Gasteiger partial charge on any atom is -0.376 e. The third-order valence-corrected chi connectivity index (χ3v) is 4.70. The molecule has 0 aromatic carbocycles. The third kappa shape index (κ3) is 1.03. The molecule has 0 atom stereocenters. The number of ether oxygens (including phenoxy) is 1. The van der Waals surface area contributed by atoms with Crippen LogP contribution in [-0.2, 0) is 14.6 Å². The first-order chi connectivity index (χ1) is 5.46. The van der Waals surface area contributed by atoms with E-state index in [1.165, 1.54) is 0 Å². The van der Waals surface area contributed by atoms with E-state index in [9.17, 15) is 8.42 Å². The Hall–Kier alpha value is -0.600. The second-order valence-electron chi connectivity index (χ2n) is 3.19. The van der Waals surface area contributed by atoms with Gasteiger partial charge in [-0.25, -0.2) is 8.42 Å². The van der Waals surface area contributed by atoms with E-state index in [0.717, 1.165) is 0 Å². The fourth-order valence-electron chi connectivity index (χ4n) is 1.03. The molecule has 0 bridgehead atoms. The molecule has 68 valence electrons. The summed E-state index contributed by atoms with van der Waals surface area (Å²) < 4.78 is 26.6. The molecule has 1 heterocycles. The summed E-state index contributed by atoms with van der Waals surface area (Å²) in [6.07, 6.45) is 0. The van der Waals surface area contributed by atoms with E-state index in [1.54, 1.807) is 13.8 Å². The second kappa shape index (κ2) is 2.71. The lowest BCUT2D eigenvalue weighted by Crippen LogP contribution is -2.56. The van der Waals surface area contributed by atoms with Gasteiger partial charge >= 0.3 is 0 Å². The van der Waals surface area contributed by atoms with Gasteiger partial charge in [0.25, 0.3) is 0 Å². The summed E-state index contributed by atoms with van der Waals surface area (Å²) in [7, 11) is -3.34. The molecule has 1 saturated heterocycles. The van der Waals surface area contributed by atoms with Crippen molar-refractivity contribution in [2.24, 2.45) is 0 Å². The highest BCUT2D eigenvalue weighted by atomic mass is 32.2. The van der Waals surface area contributed by atoms with Gasteiger partial charge in [-0.3, -0.25) is 0 Å². The Labute approximate surface area is 72.1 Å². The molecule has 5 heteroatoms. The third-order valence-electron chi connectivity index (χ3n) is 2.04. The Kier molecular flexibility index (Phi) is 2.15. The number of rotatable bonds is 2. The fraction of sp³-hybridized carbons (Fsp3) is 0.857. The molecule has 0 aromatic rings. The summed E-state index contributed by atoms with van der Waals surface area (Å²) in [6.45, 7) is 3.19. The molecule has 12 heavy (non-hydrogen) atoms. The molecular weight excluding hydrogens is 178 g/mol. The SMILES string of the molecule is CC(C)S(=O)(=O)C1(C#N)COC1. The molecule has 1 fully saturated rings. The molecule has 0 unspecified atom stereocenters. The van der Waals surface area contributed by atoms with Crippen LogP contribution in [0, 0.1) is 11.3 Å². The van der Waals surface area contributed by atoms with E-state index in [1.807, 2.05) is 6.07 Å². The highest BCUT2D eigenvalue weighted by Crippen LogP contribution is 2.29. The van der Waals surface area contributed by atoms with Crippen molar-refractivity contribution >= 4 is 9.84 Å². The Morgan fingerprint density at radius 3 is 2.08 bits per heavy atom. The Morgan fingerprint density at radius 2 is 2.00 bits per heavy atom. The van der Waals surface area contributed by atoms with Gasteiger partial charge in [-0.05, 0) is 13.8 Å². The molecule has 0 aromatic heterocycles. The van der Waals surface area contributed by atoms with Crippen molar-refractivity contribution in [3.8, 4) is 6.07 Å². The monoisotopic (exact) mass is 189 g/mol. The van der Waals surface area contributed by atoms with Gasteiger partial charge in [0.2, 0.25) is 4.75 Å². The lowest BCUT2D eigenvalue weighted by Gasteiger charge is -2.35. The highest BCUT2D eigenvalue weighted by molar-refractivity contribution is 7.93. The van der Waals surface area contributed by atoms with Crippen LogP contribution in [-0.4, -0.2) is 31.6 Å². The Balaban J connectivity index is 3.04. The molecular formula is C7H11NO3S. The van der Waals surface area contributed by atoms with Crippen LogP contribution < -0.4 is 0 Å². The van der Waals surface area contributed by atoms with Crippen molar-refractivity contribution in [2.75, 3.05) is 13.2 Å². The second-order valence-corrected chi connectivity index (χ2v) is 6.01. The maximum atomic E-state index is 11.6. The fourth-order valence-corrected chi connectivity index (χ4v) is 2.56. The molecule has 1 rings (SSSR count). The first-order valence-corrected chi connectivity index (χ1v) is 5.23. The van der Waals surface area contributed by atoms with Crippen molar-refractivity contribution in [3.63, 3.8) is 0 Å². The largest absolute Gasteiger partial charge is 0.376 e. The Morgan fingerprint density at radius 1 is 1.50 bits per heavy atom. The minimum absolute atomic E-state index is 0.0179. The summed E-state index contributed by atoms with van der Waals surface area (Å²) in [4.78, 5) is 0. The van der Waals surface area contributed by atoms with E-state index in [-0.39, 0.29) is 13.2 Å². The number of hydrogen-bond donors (Lipinski definition) is 0. The molecule has 1 aliphatic rings. The van der Waals surface area contributed by atoms with Gasteiger partial charge < -0.3 is 4.74 Å². The standard InChI is InChI=1S/C7H11NO3S/c1-6(2)12(9,10)7(3-8)4-11-5-7/h6H,4-5H2,1-2H3. The summed E-state index contributed by atoms with van der Waals surface area (Å²) in [5, 5.41) is 8.20. The van der Waals surface area contributed by atoms with E-state index < -0.39 is 19.8 Å². The number of hydrogen-bond acceptors (Lipinski definition) is 4. The van der Waals surface area contributed by atoms with Gasteiger partial charge in [-0.1, -0.05) is 0 Å². The number of sulfone groups is 1. The summed E-state index contributed by atoms with van der Waals surface area (Å²) >= 11 is 0. The van der Waals surface area contributed by atoms with Gasteiger partial charge in [-0.15, -0.1) is 0 Å². The molecule has 4 nitrogen and oxygen atoms in total. The number of nitriles is 1. The van der Waals surface area contributed by atoms with Crippen LogP contribution in [0.2, 0.25) is 0 Å². The van der Waals surface area contributed by atoms with Crippen LogP contribution in [0.5, 0.6) is 0 Å². The quantitative estimate of drug-likeness (QED) is 0.618. The highest BCUT2D eigenvalue weighted by Gasteiger charge is 2.52. The van der Waals surface area contributed by atoms with E-state index >= 15 is 0 Å². The van der Waals surface area contributed by atoms with E-state index in [2.05, 4.69) is 0 Å². The smallest absolute Gasteiger partial charge is 0.204 e. The van der Waals surface area contributed by atoms with Crippen LogP contribution in [0.25, 0.3) is 0 Å². The predicted octanol–water partition coefficient (Wildman–Crippen LogP) is 0.102. The van der Waals surface area contributed by atoms with Crippen LogP contribution in [0.4, 0.5) is 0 Å². The molecule has 0 N–H and O–H groups in total. The topological polar surface area (TPSA) is 67.2 Å². The van der Waals surface area contributed by atoms with Crippen molar-refractivity contribution in [1.29, 1.82) is 5.26 Å². The molecule has 0 aliphatic carbocycles. The van der Waals surface area contributed by atoms with Gasteiger partial charge in [-0.2, -0.15) is 5.26 Å². The average molecular weight is 189 g/mol. The zero-order chi connectivity index (χ0) is 9.41. The van der Waals surface area contributed by atoms with Crippen molar-refractivity contribution in [2.45, 2.75) is 23.8 Å². The minimum atomic E-state index is -3.34. The molecule has 0 amide bonds. The number of nitrogens with zero attached hydrogens (tertiary/aromatic N) is 1.